The molecule has 1 heterocycles. The van der Waals surface area contributed by atoms with E-state index in [9.17, 15) is 0 Å². The highest BCUT2D eigenvalue weighted by molar-refractivity contribution is 5.77. The van der Waals surface area contributed by atoms with Crippen LogP contribution >= 0.6 is 0 Å². The van der Waals surface area contributed by atoms with Gasteiger partial charge < -0.3 is 16.0 Å². The van der Waals surface area contributed by atoms with Crippen LogP contribution in [0.5, 0.6) is 0 Å². The van der Waals surface area contributed by atoms with Crippen molar-refractivity contribution in [3.05, 3.63) is 24.3 Å². The van der Waals surface area contributed by atoms with E-state index in [0.717, 1.165) is 29.8 Å². The third kappa shape index (κ3) is 2.34. The zero-order valence-electron chi connectivity index (χ0n) is 10.5. The number of aromatic nitrogens is 2. The van der Waals surface area contributed by atoms with Crippen molar-refractivity contribution in [1.29, 1.82) is 0 Å². The maximum atomic E-state index is 6.22. The largest absolute Gasteiger partial charge is 0.352 e. The third-order valence-electron chi connectivity index (χ3n) is 3.78. The van der Waals surface area contributed by atoms with E-state index < -0.39 is 0 Å². The highest BCUT2D eigenvalue weighted by Crippen LogP contribution is 2.21. The van der Waals surface area contributed by atoms with Gasteiger partial charge in [0.15, 0.2) is 0 Å². The fourth-order valence-electron chi connectivity index (χ4n) is 2.71. The quantitative estimate of drug-likeness (QED) is 0.711. The molecule has 4 N–H and O–H groups in total. The van der Waals surface area contributed by atoms with Crippen molar-refractivity contribution in [2.24, 2.45) is 5.73 Å². The van der Waals surface area contributed by atoms with Gasteiger partial charge in [0.2, 0.25) is 5.95 Å². The van der Waals surface area contributed by atoms with Gasteiger partial charge in [-0.1, -0.05) is 31.4 Å². The van der Waals surface area contributed by atoms with E-state index in [2.05, 4.69) is 15.3 Å². The van der Waals surface area contributed by atoms with Crippen molar-refractivity contribution < 1.29 is 0 Å². The molecule has 18 heavy (non-hydrogen) atoms. The van der Waals surface area contributed by atoms with E-state index in [-0.39, 0.29) is 6.04 Å². The van der Waals surface area contributed by atoms with Gasteiger partial charge in [-0.2, -0.15) is 0 Å². The summed E-state index contributed by atoms with van der Waals surface area (Å²) < 4.78 is 0. The van der Waals surface area contributed by atoms with Crippen molar-refractivity contribution >= 4 is 17.0 Å². The van der Waals surface area contributed by atoms with Crippen LogP contribution in [0.15, 0.2) is 24.3 Å². The predicted octanol–water partition coefficient (Wildman–Crippen LogP) is 2.63. The minimum absolute atomic E-state index is 0.237. The number of hydrogen-bond acceptors (Lipinski definition) is 3. The summed E-state index contributed by atoms with van der Waals surface area (Å²) in [5.41, 5.74) is 8.29. The average molecular weight is 244 g/mol. The first kappa shape index (κ1) is 11.5. The molecular formula is C14H20N4. The summed E-state index contributed by atoms with van der Waals surface area (Å²) in [7, 11) is 0. The van der Waals surface area contributed by atoms with Crippen molar-refractivity contribution in [3.63, 3.8) is 0 Å². The standard InChI is InChI=1S/C14H20N4/c15-10-6-2-1-3-7-11(10)16-14-17-12-8-4-5-9-13(12)18-14/h4-5,8-11H,1-3,6-7,15H2,(H2,16,17,18). The fourth-order valence-corrected chi connectivity index (χ4v) is 2.71. The number of anilines is 1. The molecule has 4 nitrogen and oxygen atoms in total. The van der Waals surface area contributed by atoms with Crippen LogP contribution in [0.4, 0.5) is 5.95 Å². The van der Waals surface area contributed by atoms with Gasteiger partial charge >= 0.3 is 0 Å². The Morgan fingerprint density at radius 3 is 2.89 bits per heavy atom. The summed E-state index contributed by atoms with van der Waals surface area (Å²) in [5, 5.41) is 3.47. The second-order valence-corrected chi connectivity index (χ2v) is 5.16. The number of para-hydroxylation sites is 2. The topological polar surface area (TPSA) is 66.7 Å². The van der Waals surface area contributed by atoms with Crippen LogP contribution in [0.2, 0.25) is 0 Å². The molecule has 3 rings (SSSR count). The van der Waals surface area contributed by atoms with Crippen LogP contribution in [0, 0.1) is 0 Å². The number of aromatic amines is 1. The van der Waals surface area contributed by atoms with Gasteiger partial charge in [-0.15, -0.1) is 0 Å². The number of benzene rings is 1. The molecule has 0 saturated heterocycles. The van der Waals surface area contributed by atoms with Gasteiger partial charge in [-0.05, 0) is 25.0 Å². The van der Waals surface area contributed by atoms with Crippen molar-refractivity contribution in [3.8, 4) is 0 Å². The molecule has 2 unspecified atom stereocenters. The van der Waals surface area contributed by atoms with Crippen molar-refractivity contribution in [2.45, 2.75) is 44.2 Å². The van der Waals surface area contributed by atoms with Gasteiger partial charge in [-0.3, -0.25) is 0 Å². The number of imidazole rings is 1. The molecule has 1 aliphatic carbocycles. The number of nitrogens with two attached hydrogens (primary N) is 1. The summed E-state index contributed by atoms with van der Waals surface area (Å²) in [4.78, 5) is 7.86. The number of fused-ring (bicyclic) bond motifs is 1. The molecule has 0 aliphatic heterocycles. The highest BCUT2D eigenvalue weighted by Gasteiger charge is 2.20. The van der Waals surface area contributed by atoms with Crippen LogP contribution < -0.4 is 11.1 Å². The molecule has 0 amide bonds. The fraction of sp³-hybridized carbons (Fsp3) is 0.500. The summed E-state index contributed by atoms with van der Waals surface area (Å²) >= 11 is 0. The first-order valence-corrected chi connectivity index (χ1v) is 6.80. The van der Waals surface area contributed by atoms with E-state index in [4.69, 9.17) is 5.73 Å². The lowest BCUT2D eigenvalue weighted by atomic mass is 10.0. The average Bonchev–Trinajstić information content (AvgIpc) is 2.68. The SMILES string of the molecule is NC1CCCCCC1Nc1nc2ccccc2[nH]1. The minimum Gasteiger partial charge on any atom is -0.352 e. The molecular weight excluding hydrogens is 224 g/mol. The Morgan fingerprint density at radius 1 is 1.17 bits per heavy atom. The molecule has 96 valence electrons. The lowest BCUT2D eigenvalue weighted by Crippen LogP contribution is -2.39. The molecule has 1 aromatic carbocycles. The van der Waals surface area contributed by atoms with Gasteiger partial charge in [-0.25, -0.2) is 4.98 Å². The smallest absolute Gasteiger partial charge is 0.201 e. The molecule has 4 heteroatoms. The summed E-state index contributed by atoms with van der Waals surface area (Å²) in [6.07, 6.45) is 6.05. The Morgan fingerprint density at radius 2 is 2.00 bits per heavy atom. The number of rotatable bonds is 2. The lowest BCUT2D eigenvalue weighted by molar-refractivity contribution is 0.526. The van der Waals surface area contributed by atoms with Crippen molar-refractivity contribution in [2.75, 3.05) is 5.32 Å². The summed E-state index contributed by atoms with van der Waals surface area (Å²) in [6, 6.07) is 8.66. The maximum absolute atomic E-state index is 6.22. The first-order valence-electron chi connectivity index (χ1n) is 6.80. The monoisotopic (exact) mass is 244 g/mol. The number of H-pyrrole nitrogens is 1. The third-order valence-corrected chi connectivity index (χ3v) is 3.78. The second-order valence-electron chi connectivity index (χ2n) is 5.16. The first-order chi connectivity index (χ1) is 8.83. The Kier molecular flexibility index (Phi) is 3.19. The van der Waals surface area contributed by atoms with E-state index in [1.165, 1.54) is 19.3 Å². The summed E-state index contributed by atoms with van der Waals surface area (Å²) in [6.45, 7) is 0. The van der Waals surface area contributed by atoms with E-state index in [1.807, 2.05) is 24.3 Å². The van der Waals surface area contributed by atoms with Crippen LogP contribution in [0.3, 0.4) is 0 Å². The molecule has 2 atom stereocenters. The molecule has 0 spiro atoms. The number of nitrogens with one attached hydrogen (secondary N) is 2. The highest BCUT2D eigenvalue weighted by atomic mass is 15.1. The normalized spacial score (nSPS) is 24.9. The van der Waals surface area contributed by atoms with Crippen LogP contribution in [-0.4, -0.2) is 22.1 Å². The van der Waals surface area contributed by atoms with Crippen LogP contribution in [0.1, 0.15) is 32.1 Å². The van der Waals surface area contributed by atoms with Gasteiger partial charge in [0.05, 0.1) is 11.0 Å². The van der Waals surface area contributed by atoms with E-state index in [1.54, 1.807) is 0 Å². The summed E-state index contributed by atoms with van der Waals surface area (Å²) in [5.74, 6) is 0.846. The minimum atomic E-state index is 0.237. The van der Waals surface area contributed by atoms with E-state index >= 15 is 0 Å². The number of nitrogens with zero attached hydrogens (tertiary/aromatic N) is 1. The van der Waals surface area contributed by atoms with Gasteiger partial charge in [0, 0.05) is 12.1 Å². The van der Waals surface area contributed by atoms with Crippen LogP contribution in [-0.2, 0) is 0 Å². The van der Waals surface area contributed by atoms with Crippen LogP contribution in [0.25, 0.3) is 11.0 Å². The zero-order chi connectivity index (χ0) is 12.4. The maximum Gasteiger partial charge on any atom is 0.201 e. The molecule has 0 radical (unpaired) electrons. The molecule has 1 fully saturated rings. The zero-order valence-corrected chi connectivity index (χ0v) is 10.5. The van der Waals surface area contributed by atoms with Gasteiger partial charge in [0.25, 0.3) is 0 Å². The number of hydrogen-bond donors (Lipinski definition) is 3. The van der Waals surface area contributed by atoms with E-state index in [0.29, 0.717) is 6.04 Å². The van der Waals surface area contributed by atoms with Gasteiger partial charge in [0.1, 0.15) is 0 Å². The Balaban J connectivity index is 1.78. The van der Waals surface area contributed by atoms with Crippen molar-refractivity contribution in [1.82, 2.24) is 9.97 Å². The lowest BCUT2D eigenvalue weighted by Gasteiger charge is -2.22. The predicted molar refractivity (Wildman–Crippen MR) is 74.6 cm³/mol. The Hall–Kier alpha value is -1.55. The molecule has 1 aliphatic rings. The second kappa shape index (κ2) is 4.98. The molecule has 1 aromatic heterocycles. The Labute approximate surface area is 107 Å². The Bertz CT molecular complexity index is 486. The molecule has 2 aromatic rings. The molecule has 0 bridgehead atoms. The molecule has 1 saturated carbocycles.